The molecule has 0 spiro atoms. The van der Waals surface area contributed by atoms with Gasteiger partial charge in [-0.2, -0.15) is 0 Å². The second-order valence-electron chi connectivity index (χ2n) is 5.68. The SMILES string of the molecule is COc1cc(/C=C/C(=O)OC(C)C(=O)Nc2cc(Cl)ccc2OC)ccc1O. The quantitative estimate of drug-likeness (QED) is 0.539. The van der Waals surface area contributed by atoms with Crippen molar-refractivity contribution >= 4 is 35.2 Å². The summed E-state index contributed by atoms with van der Waals surface area (Å²) < 4.78 is 15.3. The van der Waals surface area contributed by atoms with Crippen molar-refractivity contribution in [1.29, 1.82) is 0 Å². The molecule has 0 fully saturated rings. The molecule has 0 aromatic heterocycles. The Morgan fingerprint density at radius 1 is 1.11 bits per heavy atom. The second kappa shape index (κ2) is 9.66. The molecule has 1 atom stereocenters. The van der Waals surface area contributed by atoms with Crippen molar-refractivity contribution in [3.8, 4) is 17.2 Å². The van der Waals surface area contributed by atoms with E-state index in [1.165, 1.54) is 45.4 Å². The van der Waals surface area contributed by atoms with Crippen molar-refractivity contribution in [3.63, 3.8) is 0 Å². The van der Waals surface area contributed by atoms with Crippen LogP contribution in [-0.4, -0.2) is 37.3 Å². The molecule has 7 nitrogen and oxygen atoms in total. The molecule has 2 aromatic rings. The highest BCUT2D eigenvalue weighted by atomic mass is 35.5. The third kappa shape index (κ3) is 5.65. The molecule has 2 aromatic carbocycles. The van der Waals surface area contributed by atoms with E-state index in [9.17, 15) is 14.7 Å². The normalized spacial score (nSPS) is 11.7. The van der Waals surface area contributed by atoms with Crippen LogP contribution in [0.2, 0.25) is 5.02 Å². The van der Waals surface area contributed by atoms with Crippen LogP contribution >= 0.6 is 11.6 Å². The maximum atomic E-state index is 12.3. The van der Waals surface area contributed by atoms with Crippen LogP contribution in [0.4, 0.5) is 5.69 Å². The van der Waals surface area contributed by atoms with E-state index in [2.05, 4.69) is 5.32 Å². The Bertz CT molecular complexity index is 896. The zero-order chi connectivity index (χ0) is 20.7. The maximum Gasteiger partial charge on any atom is 0.331 e. The Labute approximate surface area is 167 Å². The molecular weight excluding hydrogens is 386 g/mol. The average molecular weight is 406 g/mol. The fourth-order valence-electron chi connectivity index (χ4n) is 2.24. The number of ether oxygens (including phenoxy) is 3. The van der Waals surface area contributed by atoms with Gasteiger partial charge < -0.3 is 24.6 Å². The number of rotatable bonds is 7. The molecule has 2 rings (SSSR count). The molecule has 0 saturated carbocycles. The van der Waals surface area contributed by atoms with E-state index < -0.39 is 18.0 Å². The predicted molar refractivity (Wildman–Crippen MR) is 106 cm³/mol. The molecule has 0 aliphatic heterocycles. The van der Waals surface area contributed by atoms with Crippen molar-refractivity contribution in [2.75, 3.05) is 19.5 Å². The number of aromatic hydroxyl groups is 1. The zero-order valence-electron chi connectivity index (χ0n) is 15.6. The number of carbonyl (C=O) groups is 2. The number of halogens is 1. The molecule has 1 unspecified atom stereocenters. The number of esters is 1. The third-order valence-corrected chi connectivity index (χ3v) is 3.93. The lowest BCUT2D eigenvalue weighted by Gasteiger charge is -2.14. The Balaban J connectivity index is 1.98. The average Bonchev–Trinajstić information content (AvgIpc) is 2.67. The van der Waals surface area contributed by atoms with E-state index in [0.717, 1.165) is 0 Å². The van der Waals surface area contributed by atoms with Gasteiger partial charge in [-0.3, -0.25) is 4.79 Å². The predicted octanol–water partition coefficient (Wildman–Crippen LogP) is 3.65. The highest BCUT2D eigenvalue weighted by Gasteiger charge is 2.18. The first-order chi connectivity index (χ1) is 13.3. The fraction of sp³-hybridized carbons (Fsp3) is 0.200. The molecule has 28 heavy (non-hydrogen) atoms. The molecule has 0 aliphatic rings. The van der Waals surface area contributed by atoms with Crippen LogP contribution in [-0.2, 0) is 14.3 Å². The van der Waals surface area contributed by atoms with Gasteiger partial charge in [0.15, 0.2) is 17.6 Å². The number of nitrogens with one attached hydrogen (secondary N) is 1. The van der Waals surface area contributed by atoms with Gasteiger partial charge in [0.05, 0.1) is 19.9 Å². The first-order valence-corrected chi connectivity index (χ1v) is 8.62. The minimum Gasteiger partial charge on any atom is -0.504 e. The Hall–Kier alpha value is -3.19. The van der Waals surface area contributed by atoms with Crippen LogP contribution in [0, 0.1) is 0 Å². The van der Waals surface area contributed by atoms with E-state index in [0.29, 0.717) is 22.0 Å². The minimum atomic E-state index is -1.05. The summed E-state index contributed by atoms with van der Waals surface area (Å²) in [7, 11) is 2.89. The van der Waals surface area contributed by atoms with E-state index in [1.807, 2.05) is 0 Å². The zero-order valence-corrected chi connectivity index (χ0v) is 16.3. The summed E-state index contributed by atoms with van der Waals surface area (Å²) in [6.07, 6.45) is 1.61. The van der Waals surface area contributed by atoms with Crippen molar-refractivity contribution < 1.29 is 28.9 Å². The minimum absolute atomic E-state index is 0.0102. The topological polar surface area (TPSA) is 94.1 Å². The first-order valence-electron chi connectivity index (χ1n) is 8.24. The number of phenolic OH excluding ortho intramolecular Hbond substituents is 1. The van der Waals surface area contributed by atoms with E-state index >= 15 is 0 Å². The van der Waals surface area contributed by atoms with Crippen LogP contribution < -0.4 is 14.8 Å². The number of hydrogen-bond donors (Lipinski definition) is 2. The maximum absolute atomic E-state index is 12.3. The number of methoxy groups -OCH3 is 2. The van der Waals surface area contributed by atoms with Crippen LogP contribution in [0.5, 0.6) is 17.2 Å². The Kier molecular flexibility index (Phi) is 7.28. The van der Waals surface area contributed by atoms with Crippen LogP contribution in [0.15, 0.2) is 42.5 Å². The lowest BCUT2D eigenvalue weighted by Crippen LogP contribution is -2.29. The summed E-state index contributed by atoms with van der Waals surface area (Å²) >= 11 is 5.93. The van der Waals surface area contributed by atoms with Crippen LogP contribution in [0.1, 0.15) is 12.5 Å². The van der Waals surface area contributed by atoms with Crippen LogP contribution in [0.3, 0.4) is 0 Å². The van der Waals surface area contributed by atoms with Gasteiger partial charge in [-0.15, -0.1) is 0 Å². The lowest BCUT2D eigenvalue weighted by atomic mass is 10.2. The van der Waals surface area contributed by atoms with Gasteiger partial charge in [0, 0.05) is 11.1 Å². The molecule has 0 bridgehead atoms. The van der Waals surface area contributed by atoms with Crippen molar-refractivity contribution in [3.05, 3.63) is 53.1 Å². The smallest absolute Gasteiger partial charge is 0.331 e. The molecule has 0 aliphatic carbocycles. The van der Waals surface area contributed by atoms with Gasteiger partial charge in [0.25, 0.3) is 5.91 Å². The number of amides is 1. The van der Waals surface area contributed by atoms with Crippen molar-refractivity contribution in [2.45, 2.75) is 13.0 Å². The molecule has 0 heterocycles. The summed E-state index contributed by atoms with van der Waals surface area (Å²) in [5.74, 6) is -0.540. The molecule has 8 heteroatoms. The van der Waals surface area contributed by atoms with E-state index in [4.69, 9.17) is 25.8 Å². The van der Waals surface area contributed by atoms with Gasteiger partial charge in [-0.1, -0.05) is 17.7 Å². The van der Waals surface area contributed by atoms with Crippen molar-refractivity contribution in [2.24, 2.45) is 0 Å². The first kappa shape index (κ1) is 21.1. The van der Waals surface area contributed by atoms with Gasteiger partial charge in [0.2, 0.25) is 0 Å². The van der Waals surface area contributed by atoms with Crippen LogP contribution in [0.25, 0.3) is 6.08 Å². The summed E-state index contributed by atoms with van der Waals surface area (Å²) in [4.78, 5) is 24.2. The van der Waals surface area contributed by atoms with Gasteiger partial charge in [-0.05, 0) is 48.9 Å². The summed E-state index contributed by atoms with van der Waals surface area (Å²) in [5.41, 5.74) is 0.988. The van der Waals surface area contributed by atoms with E-state index in [1.54, 1.807) is 24.3 Å². The number of benzene rings is 2. The standard InChI is InChI=1S/C20H20ClNO6/c1-12(20(25)22-15-11-14(21)6-8-17(15)26-2)28-19(24)9-5-13-4-7-16(23)18(10-13)27-3/h4-12,23H,1-3H3,(H,22,25)/b9-5+. The molecule has 0 saturated heterocycles. The summed E-state index contributed by atoms with van der Waals surface area (Å²) in [6.45, 7) is 1.45. The van der Waals surface area contributed by atoms with Gasteiger partial charge in [-0.25, -0.2) is 4.79 Å². The number of phenols is 1. The highest BCUT2D eigenvalue weighted by Crippen LogP contribution is 2.28. The second-order valence-corrected chi connectivity index (χ2v) is 6.11. The lowest BCUT2D eigenvalue weighted by molar-refractivity contribution is -0.148. The molecule has 148 valence electrons. The largest absolute Gasteiger partial charge is 0.504 e. The fourth-order valence-corrected chi connectivity index (χ4v) is 2.41. The van der Waals surface area contributed by atoms with Crippen molar-refractivity contribution in [1.82, 2.24) is 0 Å². The summed E-state index contributed by atoms with van der Waals surface area (Å²) in [5, 5.41) is 12.6. The molecule has 0 radical (unpaired) electrons. The number of anilines is 1. The Morgan fingerprint density at radius 3 is 2.50 bits per heavy atom. The van der Waals surface area contributed by atoms with Gasteiger partial charge >= 0.3 is 5.97 Å². The number of carbonyl (C=O) groups excluding carboxylic acids is 2. The number of hydrogen-bond acceptors (Lipinski definition) is 6. The van der Waals surface area contributed by atoms with Gasteiger partial charge in [0.1, 0.15) is 5.75 Å². The molecular formula is C20H20ClNO6. The third-order valence-electron chi connectivity index (χ3n) is 3.70. The highest BCUT2D eigenvalue weighted by molar-refractivity contribution is 6.31. The van der Waals surface area contributed by atoms with E-state index in [-0.39, 0.29) is 11.5 Å². The molecule has 2 N–H and O–H groups in total. The Morgan fingerprint density at radius 2 is 1.82 bits per heavy atom. The monoisotopic (exact) mass is 405 g/mol. The molecule has 1 amide bonds. The summed E-state index contributed by atoms with van der Waals surface area (Å²) in [6, 6.07) is 9.37.